The molecule has 1 aromatic heterocycles. The largest absolute Gasteiger partial charge is 0.497 e. The van der Waals surface area contributed by atoms with Crippen molar-refractivity contribution in [1.82, 2.24) is 4.98 Å². The molecule has 110 valence electrons. The quantitative estimate of drug-likeness (QED) is 0.828. The van der Waals surface area contributed by atoms with Crippen molar-refractivity contribution in [2.45, 2.75) is 6.92 Å². The molecule has 2 rings (SSSR count). The molecule has 0 spiro atoms. The van der Waals surface area contributed by atoms with Gasteiger partial charge in [0, 0.05) is 17.8 Å². The van der Waals surface area contributed by atoms with E-state index in [4.69, 9.17) is 9.47 Å². The van der Waals surface area contributed by atoms with Gasteiger partial charge in [-0.1, -0.05) is 0 Å². The lowest BCUT2D eigenvalue weighted by atomic mass is 10.2. The van der Waals surface area contributed by atoms with E-state index in [1.54, 1.807) is 18.2 Å². The van der Waals surface area contributed by atoms with Crippen LogP contribution in [0.25, 0.3) is 0 Å². The number of ketones is 1. The van der Waals surface area contributed by atoms with Gasteiger partial charge in [-0.25, -0.2) is 0 Å². The summed E-state index contributed by atoms with van der Waals surface area (Å²) in [5.74, 6) is 0.642. The van der Waals surface area contributed by atoms with Crippen molar-refractivity contribution >= 4 is 17.4 Å². The van der Waals surface area contributed by atoms with Crippen molar-refractivity contribution in [3.63, 3.8) is 0 Å². The van der Waals surface area contributed by atoms with Gasteiger partial charge in [-0.05, 0) is 25.1 Å². The molecule has 0 saturated carbocycles. The predicted molar refractivity (Wildman–Crippen MR) is 78.3 cm³/mol. The number of rotatable bonds is 5. The van der Waals surface area contributed by atoms with Gasteiger partial charge in [0.05, 0.1) is 19.9 Å². The smallest absolute Gasteiger partial charge is 0.272 e. The number of ether oxygens (including phenoxy) is 2. The number of aromatic amines is 1. The average Bonchev–Trinajstić information content (AvgIpc) is 2.97. The van der Waals surface area contributed by atoms with E-state index in [1.165, 1.54) is 33.4 Å². The SMILES string of the molecule is COc1ccc(OC)c(NC(=O)c2cc(C(C)=O)c[nH]2)c1. The third kappa shape index (κ3) is 3.22. The monoisotopic (exact) mass is 288 g/mol. The summed E-state index contributed by atoms with van der Waals surface area (Å²) >= 11 is 0. The maximum absolute atomic E-state index is 12.2. The molecule has 6 nitrogen and oxygen atoms in total. The standard InChI is InChI=1S/C15H16N2O4/c1-9(18)10-6-13(16-8-10)15(19)17-12-7-11(20-2)4-5-14(12)21-3/h4-8,16H,1-3H3,(H,17,19). The third-order valence-corrected chi connectivity index (χ3v) is 2.99. The molecule has 0 aliphatic carbocycles. The molecule has 2 N–H and O–H groups in total. The van der Waals surface area contributed by atoms with Gasteiger partial charge in [0.15, 0.2) is 5.78 Å². The van der Waals surface area contributed by atoms with Gasteiger partial charge in [0.2, 0.25) is 0 Å². The third-order valence-electron chi connectivity index (χ3n) is 2.99. The van der Waals surface area contributed by atoms with Crippen molar-refractivity contribution in [3.8, 4) is 11.5 Å². The summed E-state index contributed by atoms with van der Waals surface area (Å²) < 4.78 is 10.3. The Morgan fingerprint density at radius 1 is 1.14 bits per heavy atom. The first-order chi connectivity index (χ1) is 10.0. The molecule has 1 aromatic carbocycles. The van der Waals surface area contributed by atoms with Gasteiger partial charge < -0.3 is 19.8 Å². The van der Waals surface area contributed by atoms with Gasteiger partial charge in [0.1, 0.15) is 17.2 Å². The van der Waals surface area contributed by atoms with Crippen LogP contribution in [0.4, 0.5) is 5.69 Å². The maximum Gasteiger partial charge on any atom is 0.272 e. The number of Topliss-reactive ketones (excluding diaryl/α,β-unsaturated/α-hetero) is 1. The molecule has 0 fully saturated rings. The Morgan fingerprint density at radius 2 is 1.90 bits per heavy atom. The van der Waals surface area contributed by atoms with Crippen molar-refractivity contribution in [1.29, 1.82) is 0 Å². The van der Waals surface area contributed by atoms with Crippen LogP contribution in [-0.2, 0) is 0 Å². The van der Waals surface area contributed by atoms with Gasteiger partial charge in [0.25, 0.3) is 5.91 Å². The fourth-order valence-electron chi connectivity index (χ4n) is 1.83. The molecule has 1 amide bonds. The number of amides is 1. The van der Waals surface area contributed by atoms with Crippen molar-refractivity contribution < 1.29 is 19.1 Å². The lowest BCUT2D eigenvalue weighted by Crippen LogP contribution is -2.13. The van der Waals surface area contributed by atoms with Crippen LogP contribution in [0.3, 0.4) is 0 Å². The van der Waals surface area contributed by atoms with E-state index >= 15 is 0 Å². The summed E-state index contributed by atoms with van der Waals surface area (Å²) in [6.45, 7) is 1.44. The van der Waals surface area contributed by atoms with E-state index in [1.807, 2.05) is 0 Å². The zero-order chi connectivity index (χ0) is 15.4. The lowest BCUT2D eigenvalue weighted by molar-refractivity contribution is 0.101. The predicted octanol–water partition coefficient (Wildman–Crippen LogP) is 2.49. The van der Waals surface area contributed by atoms with E-state index in [0.717, 1.165) is 0 Å². The molecule has 0 atom stereocenters. The van der Waals surface area contributed by atoms with Crippen LogP contribution in [0.2, 0.25) is 0 Å². The molecule has 0 unspecified atom stereocenters. The number of benzene rings is 1. The Bertz CT molecular complexity index is 676. The highest BCUT2D eigenvalue weighted by Crippen LogP contribution is 2.29. The Hall–Kier alpha value is -2.76. The normalized spacial score (nSPS) is 10.0. The number of methoxy groups -OCH3 is 2. The van der Waals surface area contributed by atoms with Crippen LogP contribution >= 0.6 is 0 Å². The fourth-order valence-corrected chi connectivity index (χ4v) is 1.83. The van der Waals surface area contributed by atoms with Crippen molar-refractivity contribution in [3.05, 3.63) is 41.7 Å². The average molecular weight is 288 g/mol. The van der Waals surface area contributed by atoms with E-state index in [2.05, 4.69) is 10.3 Å². The number of H-pyrrole nitrogens is 1. The summed E-state index contributed by atoms with van der Waals surface area (Å²) in [4.78, 5) is 26.2. The molecule has 0 aliphatic heterocycles. The van der Waals surface area contributed by atoms with Crippen LogP contribution in [0.15, 0.2) is 30.5 Å². The first kappa shape index (κ1) is 14.6. The topological polar surface area (TPSA) is 80.4 Å². The summed E-state index contributed by atoms with van der Waals surface area (Å²) in [7, 11) is 3.05. The van der Waals surface area contributed by atoms with Crippen LogP contribution in [0.1, 0.15) is 27.8 Å². The van der Waals surface area contributed by atoms with Gasteiger partial charge in [-0.15, -0.1) is 0 Å². The number of hydrogen-bond donors (Lipinski definition) is 2. The maximum atomic E-state index is 12.2. The van der Waals surface area contributed by atoms with Crippen LogP contribution in [0.5, 0.6) is 11.5 Å². The van der Waals surface area contributed by atoms with Crippen molar-refractivity contribution in [2.24, 2.45) is 0 Å². The Balaban J connectivity index is 2.23. The molecule has 1 heterocycles. The highest BCUT2D eigenvalue weighted by Gasteiger charge is 2.13. The van der Waals surface area contributed by atoms with E-state index < -0.39 is 0 Å². The number of nitrogens with one attached hydrogen (secondary N) is 2. The minimum Gasteiger partial charge on any atom is -0.497 e. The number of carbonyl (C=O) groups excluding carboxylic acids is 2. The highest BCUT2D eigenvalue weighted by atomic mass is 16.5. The lowest BCUT2D eigenvalue weighted by Gasteiger charge is -2.11. The zero-order valence-corrected chi connectivity index (χ0v) is 12.0. The van der Waals surface area contributed by atoms with Crippen LogP contribution in [-0.4, -0.2) is 30.9 Å². The highest BCUT2D eigenvalue weighted by molar-refractivity contribution is 6.06. The van der Waals surface area contributed by atoms with E-state index in [-0.39, 0.29) is 11.7 Å². The Kier molecular flexibility index (Phi) is 4.27. The molecule has 6 heteroatoms. The number of carbonyl (C=O) groups is 2. The molecule has 0 aliphatic rings. The first-order valence-corrected chi connectivity index (χ1v) is 6.28. The van der Waals surface area contributed by atoms with Crippen molar-refractivity contribution in [2.75, 3.05) is 19.5 Å². The zero-order valence-electron chi connectivity index (χ0n) is 12.0. The Morgan fingerprint density at radius 3 is 2.48 bits per heavy atom. The molecular formula is C15H16N2O4. The second kappa shape index (κ2) is 6.13. The minimum absolute atomic E-state index is 0.107. The number of hydrogen-bond acceptors (Lipinski definition) is 4. The van der Waals surface area contributed by atoms with E-state index in [9.17, 15) is 9.59 Å². The van der Waals surface area contributed by atoms with Gasteiger partial charge >= 0.3 is 0 Å². The second-order valence-corrected chi connectivity index (χ2v) is 4.38. The molecule has 0 saturated heterocycles. The second-order valence-electron chi connectivity index (χ2n) is 4.38. The fraction of sp³-hybridized carbons (Fsp3) is 0.200. The Labute approximate surface area is 122 Å². The number of aromatic nitrogens is 1. The van der Waals surface area contributed by atoms with Crippen LogP contribution in [0, 0.1) is 0 Å². The molecule has 21 heavy (non-hydrogen) atoms. The molecule has 0 bridgehead atoms. The molecular weight excluding hydrogens is 272 g/mol. The molecule has 2 aromatic rings. The van der Waals surface area contributed by atoms with Gasteiger partial charge in [-0.3, -0.25) is 9.59 Å². The summed E-state index contributed by atoms with van der Waals surface area (Å²) in [5.41, 5.74) is 1.24. The van der Waals surface area contributed by atoms with E-state index in [0.29, 0.717) is 28.4 Å². The van der Waals surface area contributed by atoms with Crippen LogP contribution < -0.4 is 14.8 Å². The number of anilines is 1. The summed E-state index contributed by atoms with van der Waals surface area (Å²) in [6.07, 6.45) is 1.50. The molecule has 0 radical (unpaired) electrons. The minimum atomic E-state index is -0.367. The van der Waals surface area contributed by atoms with Gasteiger partial charge in [-0.2, -0.15) is 0 Å². The summed E-state index contributed by atoms with van der Waals surface area (Å²) in [5, 5.41) is 2.72. The summed E-state index contributed by atoms with van der Waals surface area (Å²) in [6, 6.07) is 6.59. The first-order valence-electron chi connectivity index (χ1n) is 6.28.